The summed E-state index contributed by atoms with van der Waals surface area (Å²) < 4.78 is 2.13. The normalized spacial score (nSPS) is 20.0. The Kier molecular flexibility index (Phi) is 5.25. The Labute approximate surface area is 156 Å². The molecule has 0 aliphatic carbocycles. The van der Waals surface area contributed by atoms with Crippen LogP contribution in [-0.2, 0) is 6.54 Å². The summed E-state index contributed by atoms with van der Waals surface area (Å²) in [6, 6.07) is 4.63. The van der Waals surface area contributed by atoms with Gasteiger partial charge >= 0.3 is 0 Å². The van der Waals surface area contributed by atoms with Crippen molar-refractivity contribution in [2.75, 3.05) is 26.2 Å². The van der Waals surface area contributed by atoms with E-state index < -0.39 is 0 Å². The molecule has 2 aliphatic rings. The topological polar surface area (TPSA) is 41.4 Å². The Bertz CT molecular complexity index is 754. The van der Waals surface area contributed by atoms with Crippen LogP contribution in [0.25, 0.3) is 11.0 Å². The van der Waals surface area contributed by atoms with E-state index in [4.69, 9.17) is 0 Å². The maximum Gasteiger partial charge on any atom is 0.256 e. The highest BCUT2D eigenvalue weighted by molar-refractivity contribution is 6.06. The van der Waals surface area contributed by atoms with Crippen LogP contribution in [0.4, 0.5) is 0 Å². The lowest BCUT2D eigenvalue weighted by molar-refractivity contribution is 0.0591. The average Bonchev–Trinajstić information content (AvgIpc) is 3.07. The Morgan fingerprint density at radius 1 is 1.15 bits per heavy atom. The van der Waals surface area contributed by atoms with E-state index in [1.165, 1.54) is 32.4 Å². The summed E-state index contributed by atoms with van der Waals surface area (Å²) in [5.74, 6) is 0.176. The van der Waals surface area contributed by atoms with Crippen molar-refractivity contribution in [1.29, 1.82) is 0 Å². The summed E-state index contributed by atoms with van der Waals surface area (Å²) in [6.07, 6.45) is 11.1. The van der Waals surface area contributed by atoms with Crippen molar-refractivity contribution < 1.29 is 4.79 Å². The molecule has 2 aromatic rings. The number of hydrogen-bond acceptors (Lipinski definition) is 3. The zero-order valence-electron chi connectivity index (χ0n) is 15.9. The molecule has 1 amide bonds. The van der Waals surface area contributed by atoms with Gasteiger partial charge in [0.25, 0.3) is 5.91 Å². The number of carbonyl (C=O) groups is 1. The lowest BCUT2D eigenvalue weighted by Crippen LogP contribution is -2.48. The van der Waals surface area contributed by atoms with Crippen molar-refractivity contribution >= 4 is 16.9 Å². The molecule has 0 bridgehead atoms. The van der Waals surface area contributed by atoms with Crippen LogP contribution in [0.15, 0.2) is 24.5 Å². The van der Waals surface area contributed by atoms with Crippen LogP contribution in [0.1, 0.15) is 55.8 Å². The second kappa shape index (κ2) is 7.78. The van der Waals surface area contributed by atoms with Crippen molar-refractivity contribution in [3.8, 4) is 0 Å². The Balaban J connectivity index is 1.48. The minimum absolute atomic E-state index is 0.176. The molecule has 2 fully saturated rings. The maximum atomic E-state index is 13.2. The van der Waals surface area contributed by atoms with Crippen LogP contribution in [-0.4, -0.2) is 57.5 Å². The molecule has 4 rings (SSSR count). The van der Waals surface area contributed by atoms with Crippen LogP contribution >= 0.6 is 0 Å². The predicted octanol–water partition coefficient (Wildman–Crippen LogP) is 3.54. The second-order valence-corrected chi connectivity index (χ2v) is 7.73. The van der Waals surface area contributed by atoms with Gasteiger partial charge in [-0.05, 0) is 57.3 Å². The summed E-state index contributed by atoms with van der Waals surface area (Å²) in [5, 5.41) is 0.990. The first-order valence-electron chi connectivity index (χ1n) is 10.2. The summed E-state index contributed by atoms with van der Waals surface area (Å²) in [6.45, 7) is 7.30. The first-order chi connectivity index (χ1) is 12.8. The van der Waals surface area contributed by atoms with Gasteiger partial charge in [-0.1, -0.05) is 13.3 Å². The van der Waals surface area contributed by atoms with E-state index in [0.717, 1.165) is 55.5 Å². The monoisotopic (exact) mass is 354 g/mol. The number of hydrogen-bond donors (Lipinski definition) is 0. The molecule has 5 nitrogen and oxygen atoms in total. The number of rotatable bonds is 4. The van der Waals surface area contributed by atoms with E-state index in [1.807, 2.05) is 24.5 Å². The van der Waals surface area contributed by atoms with E-state index in [2.05, 4.69) is 26.3 Å². The lowest BCUT2D eigenvalue weighted by atomic mass is 9.99. The largest absolute Gasteiger partial charge is 0.338 e. The lowest BCUT2D eigenvalue weighted by Gasteiger charge is -2.40. The van der Waals surface area contributed by atoms with E-state index in [1.54, 1.807) is 0 Å². The molecule has 0 N–H and O–H groups in total. The van der Waals surface area contributed by atoms with Gasteiger partial charge in [0.1, 0.15) is 5.65 Å². The standard InChI is InChI=1S/C21H30N4O/c1-2-11-25-16-19(18-7-6-10-22-20(18)25)21(26)24-14-8-17(9-15-24)23-12-4-3-5-13-23/h6-7,10,16-17H,2-5,8-9,11-15H2,1H3. The number of pyridine rings is 1. The fraction of sp³-hybridized carbons (Fsp3) is 0.619. The zero-order chi connectivity index (χ0) is 17.9. The molecular weight excluding hydrogens is 324 g/mol. The second-order valence-electron chi connectivity index (χ2n) is 7.73. The maximum absolute atomic E-state index is 13.2. The van der Waals surface area contributed by atoms with Crippen LogP contribution < -0.4 is 0 Å². The quantitative estimate of drug-likeness (QED) is 0.843. The third-order valence-electron chi connectivity index (χ3n) is 5.99. The van der Waals surface area contributed by atoms with E-state index in [-0.39, 0.29) is 5.91 Å². The first kappa shape index (κ1) is 17.5. The number of aryl methyl sites for hydroxylation is 1. The highest BCUT2D eigenvalue weighted by atomic mass is 16.2. The summed E-state index contributed by atoms with van der Waals surface area (Å²) in [7, 11) is 0. The fourth-order valence-corrected chi connectivity index (χ4v) is 4.59. The molecule has 4 heterocycles. The van der Waals surface area contributed by atoms with Crippen molar-refractivity contribution in [2.45, 2.75) is 58.0 Å². The third kappa shape index (κ3) is 3.37. The summed E-state index contributed by atoms with van der Waals surface area (Å²) in [5.41, 5.74) is 1.75. The van der Waals surface area contributed by atoms with E-state index in [0.29, 0.717) is 6.04 Å². The molecule has 2 aromatic heterocycles. The minimum Gasteiger partial charge on any atom is -0.338 e. The fourth-order valence-electron chi connectivity index (χ4n) is 4.59. The van der Waals surface area contributed by atoms with Gasteiger partial charge in [0, 0.05) is 43.5 Å². The van der Waals surface area contributed by atoms with Crippen molar-refractivity contribution in [2.24, 2.45) is 0 Å². The van der Waals surface area contributed by atoms with Gasteiger partial charge in [-0.2, -0.15) is 0 Å². The van der Waals surface area contributed by atoms with Gasteiger partial charge in [0.2, 0.25) is 0 Å². The molecule has 0 spiro atoms. The van der Waals surface area contributed by atoms with Crippen LogP contribution in [0.5, 0.6) is 0 Å². The molecule has 0 atom stereocenters. The summed E-state index contributed by atoms with van der Waals surface area (Å²) >= 11 is 0. The molecule has 26 heavy (non-hydrogen) atoms. The SMILES string of the molecule is CCCn1cc(C(=O)N2CCC(N3CCCCC3)CC2)c2cccnc21. The number of nitrogens with zero attached hydrogens (tertiary/aromatic N) is 4. The average molecular weight is 354 g/mol. The van der Waals surface area contributed by atoms with E-state index >= 15 is 0 Å². The molecular formula is C21H30N4O. The van der Waals surface area contributed by atoms with Crippen LogP contribution in [0.2, 0.25) is 0 Å². The number of aromatic nitrogens is 2. The number of likely N-dealkylation sites (tertiary alicyclic amines) is 2. The van der Waals surface area contributed by atoms with Gasteiger partial charge in [-0.25, -0.2) is 4.98 Å². The Morgan fingerprint density at radius 2 is 1.92 bits per heavy atom. The number of amides is 1. The molecule has 0 aromatic carbocycles. The third-order valence-corrected chi connectivity index (χ3v) is 5.99. The van der Waals surface area contributed by atoms with Crippen molar-refractivity contribution in [1.82, 2.24) is 19.4 Å². The molecule has 140 valence electrons. The molecule has 2 aliphatic heterocycles. The molecule has 0 unspecified atom stereocenters. The Hall–Kier alpha value is -1.88. The number of piperidine rings is 2. The molecule has 2 saturated heterocycles. The van der Waals surface area contributed by atoms with Gasteiger partial charge < -0.3 is 14.4 Å². The smallest absolute Gasteiger partial charge is 0.256 e. The predicted molar refractivity (Wildman–Crippen MR) is 104 cm³/mol. The van der Waals surface area contributed by atoms with Gasteiger partial charge in [-0.3, -0.25) is 4.79 Å². The van der Waals surface area contributed by atoms with Gasteiger partial charge in [0.15, 0.2) is 0 Å². The van der Waals surface area contributed by atoms with Crippen LogP contribution in [0.3, 0.4) is 0 Å². The number of carbonyl (C=O) groups excluding carboxylic acids is 1. The van der Waals surface area contributed by atoms with E-state index in [9.17, 15) is 4.79 Å². The first-order valence-corrected chi connectivity index (χ1v) is 10.2. The van der Waals surface area contributed by atoms with Crippen molar-refractivity contribution in [3.63, 3.8) is 0 Å². The highest BCUT2D eigenvalue weighted by Crippen LogP contribution is 2.25. The summed E-state index contributed by atoms with van der Waals surface area (Å²) in [4.78, 5) is 22.4. The van der Waals surface area contributed by atoms with Crippen LogP contribution in [0, 0.1) is 0 Å². The van der Waals surface area contributed by atoms with Crippen molar-refractivity contribution in [3.05, 3.63) is 30.1 Å². The zero-order valence-corrected chi connectivity index (χ0v) is 15.9. The minimum atomic E-state index is 0.176. The molecule has 0 saturated carbocycles. The molecule has 0 radical (unpaired) electrons. The Morgan fingerprint density at radius 3 is 2.65 bits per heavy atom. The number of fused-ring (bicyclic) bond motifs is 1. The van der Waals surface area contributed by atoms with Gasteiger partial charge in [-0.15, -0.1) is 0 Å². The highest BCUT2D eigenvalue weighted by Gasteiger charge is 2.29. The molecule has 5 heteroatoms. The van der Waals surface area contributed by atoms with Gasteiger partial charge in [0.05, 0.1) is 5.56 Å².